The third-order valence-corrected chi connectivity index (χ3v) is 2.72. The van der Waals surface area contributed by atoms with Gasteiger partial charge in [0.2, 0.25) is 0 Å². The normalized spacial score (nSPS) is 20.3. The van der Waals surface area contributed by atoms with Crippen molar-refractivity contribution in [2.75, 3.05) is 6.54 Å². The molecule has 0 unspecified atom stereocenters. The minimum absolute atomic E-state index is 0. The highest BCUT2D eigenvalue weighted by atomic mass is 35.5. The van der Waals surface area contributed by atoms with Crippen molar-refractivity contribution in [3.05, 3.63) is 33.8 Å². The van der Waals surface area contributed by atoms with Gasteiger partial charge in [0.1, 0.15) is 0 Å². The van der Waals surface area contributed by atoms with Crippen molar-refractivity contribution in [1.82, 2.24) is 5.32 Å². The van der Waals surface area contributed by atoms with Crippen LogP contribution in [0.25, 0.3) is 0 Å². The summed E-state index contributed by atoms with van der Waals surface area (Å²) in [5.41, 5.74) is 1.16. The molecule has 0 spiro atoms. The smallest absolute Gasteiger partial charge is 0.0468 e. The predicted molar refractivity (Wildman–Crippen MR) is 59.1 cm³/mol. The van der Waals surface area contributed by atoms with E-state index in [0.717, 1.165) is 17.1 Å². The molecule has 0 radical (unpaired) electrons. The van der Waals surface area contributed by atoms with Crippen molar-refractivity contribution in [2.45, 2.75) is 12.5 Å². The Morgan fingerprint density at radius 1 is 1.31 bits per heavy atom. The SMILES string of the molecule is Cl.Clc1ccc([C@@H]2CCN2)c(Cl)c1. The molecule has 0 bridgehead atoms. The zero-order chi connectivity index (χ0) is 8.55. The lowest BCUT2D eigenvalue weighted by Crippen LogP contribution is -2.35. The van der Waals surface area contributed by atoms with E-state index in [1.165, 1.54) is 6.42 Å². The van der Waals surface area contributed by atoms with Gasteiger partial charge < -0.3 is 5.32 Å². The van der Waals surface area contributed by atoms with Crippen LogP contribution in [-0.2, 0) is 0 Å². The van der Waals surface area contributed by atoms with Gasteiger partial charge in [-0.05, 0) is 30.7 Å². The molecule has 1 fully saturated rings. The number of rotatable bonds is 1. The molecule has 0 aliphatic carbocycles. The van der Waals surface area contributed by atoms with Crippen LogP contribution in [0.3, 0.4) is 0 Å². The molecule has 0 aromatic heterocycles. The van der Waals surface area contributed by atoms with Crippen LogP contribution in [0.4, 0.5) is 0 Å². The summed E-state index contributed by atoms with van der Waals surface area (Å²) in [4.78, 5) is 0. The van der Waals surface area contributed by atoms with Gasteiger partial charge in [0.25, 0.3) is 0 Å². The van der Waals surface area contributed by atoms with Crippen LogP contribution in [0.2, 0.25) is 10.0 Å². The zero-order valence-electron chi connectivity index (χ0n) is 6.89. The lowest BCUT2D eigenvalue weighted by molar-refractivity contribution is 0.383. The van der Waals surface area contributed by atoms with Gasteiger partial charge in [-0.15, -0.1) is 12.4 Å². The molecule has 1 heterocycles. The van der Waals surface area contributed by atoms with Crippen molar-refractivity contribution < 1.29 is 0 Å². The van der Waals surface area contributed by atoms with Crippen molar-refractivity contribution in [2.24, 2.45) is 0 Å². The van der Waals surface area contributed by atoms with Gasteiger partial charge in [-0.1, -0.05) is 29.3 Å². The Hall–Kier alpha value is 0.0500. The third kappa shape index (κ3) is 2.29. The van der Waals surface area contributed by atoms with Gasteiger partial charge in [0, 0.05) is 16.1 Å². The largest absolute Gasteiger partial charge is 0.310 e. The van der Waals surface area contributed by atoms with E-state index in [1.807, 2.05) is 12.1 Å². The Bertz CT molecular complexity index is 297. The number of halogens is 3. The van der Waals surface area contributed by atoms with Crippen LogP contribution in [0.15, 0.2) is 18.2 Å². The van der Waals surface area contributed by atoms with Crippen LogP contribution < -0.4 is 5.32 Å². The Balaban J connectivity index is 0.000000845. The van der Waals surface area contributed by atoms with E-state index < -0.39 is 0 Å². The first-order valence-electron chi connectivity index (χ1n) is 3.96. The quantitative estimate of drug-likeness (QED) is 0.790. The molecule has 4 heteroatoms. The van der Waals surface area contributed by atoms with E-state index in [9.17, 15) is 0 Å². The summed E-state index contributed by atoms with van der Waals surface area (Å²) < 4.78 is 0. The van der Waals surface area contributed by atoms with Gasteiger partial charge >= 0.3 is 0 Å². The van der Waals surface area contributed by atoms with E-state index in [4.69, 9.17) is 23.2 Å². The second kappa shape index (κ2) is 4.52. The maximum absolute atomic E-state index is 6.01. The maximum atomic E-state index is 6.01. The van der Waals surface area contributed by atoms with Crippen LogP contribution in [0, 0.1) is 0 Å². The van der Waals surface area contributed by atoms with Gasteiger partial charge in [-0.2, -0.15) is 0 Å². The van der Waals surface area contributed by atoms with Gasteiger partial charge in [-0.25, -0.2) is 0 Å². The van der Waals surface area contributed by atoms with Crippen LogP contribution in [0.1, 0.15) is 18.0 Å². The molecular formula is C9H10Cl3N. The summed E-state index contributed by atoms with van der Waals surface area (Å²) in [6, 6.07) is 6.10. The first kappa shape index (κ1) is 11.1. The molecule has 1 aromatic carbocycles. The molecule has 0 saturated carbocycles. The molecule has 72 valence electrons. The summed E-state index contributed by atoms with van der Waals surface area (Å²) in [5, 5.41) is 4.76. The Morgan fingerprint density at radius 3 is 2.46 bits per heavy atom. The molecule has 1 aromatic rings. The Kier molecular flexibility index (Phi) is 3.87. The Morgan fingerprint density at radius 2 is 2.00 bits per heavy atom. The highest BCUT2D eigenvalue weighted by Gasteiger charge is 2.20. The van der Waals surface area contributed by atoms with E-state index in [-0.39, 0.29) is 12.4 Å². The van der Waals surface area contributed by atoms with Gasteiger partial charge in [0.15, 0.2) is 0 Å². The van der Waals surface area contributed by atoms with Gasteiger partial charge in [-0.3, -0.25) is 0 Å². The molecular weight excluding hydrogens is 228 g/mol. The average Bonchev–Trinajstić information content (AvgIpc) is 1.91. The molecule has 13 heavy (non-hydrogen) atoms. The fourth-order valence-corrected chi connectivity index (χ4v) is 1.88. The molecule has 1 N–H and O–H groups in total. The van der Waals surface area contributed by atoms with Gasteiger partial charge in [0.05, 0.1) is 0 Å². The number of benzene rings is 1. The summed E-state index contributed by atoms with van der Waals surface area (Å²) in [5.74, 6) is 0. The molecule has 1 saturated heterocycles. The number of hydrogen-bond donors (Lipinski definition) is 1. The minimum atomic E-state index is 0. The number of hydrogen-bond acceptors (Lipinski definition) is 1. The monoisotopic (exact) mass is 237 g/mol. The maximum Gasteiger partial charge on any atom is 0.0468 e. The predicted octanol–water partition coefficient (Wildman–Crippen LogP) is 3.45. The highest BCUT2D eigenvalue weighted by Crippen LogP contribution is 2.30. The summed E-state index contributed by atoms with van der Waals surface area (Å²) >= 11 is 11.8. The first-order valence-corrected chi connectivity index (χ1v) is 4.71. The average molecular weight is 239 g/mol. The fraction of sp³-hybridized carbons (Fsp3) is 0.333. The van der Waals surface area contributed by atoms with E-state index in [1.54, 1.807) is 6.07 Å². The third-order valence-electron chi connectivity index (χ3n) is 2.16. The zero-order valence-corrected chi connectivity index (χ0v) is 9.22. The summed E-state index contributed by atoms with van der Waals surface area (Å²) in [7, 11) is 0. The molecule has 2 rings (SSSR count). The van der Waals surface area contributed by atoms with E-state index in [2.05, 4.69) is 5.32 Å². The molecule has 1 atom stereocenters. The summed E-state index contributed by atoms with van der Waals surface area (Å²) in [6.45, 7) is 1.09. The summed E-state index contributed by atoms with van der Waals surface area (Å²) in [6.07, 6.45) is 1.17. The molecule has 1 aliphatic rings. The highest BCUT2D eigenvalue weighted by molar-refractivity contribution is 6.35. The van der Waals surface area contributed by atoms with E-state index >= 15 is 0 Å². The Labute approximate surface area is 93.8 Å². The van der Waals surface area contributed by atoms with Crippen LogP contribution >= 0.6 is 35.6 Å². The van der Waals surface area contributed by atoms with Crippen molar-refractivity contribution in [3.63, 3.8) is 0 Å². The van der Waals surface area contributed by atoms with Crippen molar-refractivity contribution in [3.8, 4) is 0 Å². The first-order chi connectivity index (χ1) is 5.77. The lowest BCUT2D eigenvalue weighted by atomic mass is 9.98. The second-order valence-electron chi connectivity index (χ2n) is 2.96. The molecule has 1 nitrogen and oxygen atoms in total. The molecule has 1 aliphatic heterocycles. The van der Waals surface area contributed by atoms with E-state index in [0.29, 0.717) is 11.1 Å². The minimum Gasteiger partial charge on any atom is -0.310 e. The van der Waals surface area contributed by atoms with Crippen molar-refractivity contribution >= 4 is 35.6 Å². The van der Waals surface area contributed by atoms with Crippen LogP contribution in [0.5, 0.6) is 0 Å². The van der Waals surface area contributed by atoms with Crippen molar-refractivity contribution in [1.29, 1.82) is 0 Å². The topological polar surface area (TPSA) is 12.0 Å². The lowest BCUT2D eigenvalue weighted by Gasteiger charge is -2.28. The second-order valence-corrected chi connectivity index (χ2v) is 3.80. The standard InChI is InChI=1S/C9H9Cl2N.ClH/c10-6-1-2-7(8(11)5-6)9-3-4-12-9;/h1-2,5,9,12H,3-4H2;1H/t9-;/m0./s1. The van der Waals surface area contributed by atoms with Crippen LogP contribution in [-0.4, -0.2) is 6.54 Å². The fourth-order valence-electron chi connectivity index (χ4n) is 1.34. The number of nitrogens with one attached hydrogen (secondary N) is 1. The molecule has 0 amide bonds.